The van der Waals surface area contributed by atoms with Crippen LogP contribution in [0.15, 0.2) is 42.5 Å². The van der Waals surface area contributed by atoms with Gasteiger partial charge < -0.3 is 18.9 Å². The fraction of sp³-hybridized carbons (Fsp3) is 0.613. The molecule has 0 spiro atoms. The lowest BCUT2D eigenvalue weighted by molar-refractivity contribution is -0.274. The fourth-order valence-electron chi connectivity index (χ4n) is 6.43. The Bertz CT molecular complexity index is 1130. The lowest BCUT2D eigenvalue weighted by Crippen LogP contribution is -2.37. The first-order valence-corrected chi connectivity index (χ1v) is 14.4. The van der Waals surface area contributed by atoms with Crippen molar-refractivity contribution in [2.75, 3.05) is 13.2 Å². The maximum Gasteiger partial charge on any atom is 0.573 e. The third kappa shape index (κ3) is 7.69. The zero-order chi connectivity index (χ0) is 29.2. The molecule has 2 aromatic rings. The second-order valence-corrected chi connectivity index (χ2v) is 11.8. The third-order valence-corrected chi connectivity index (χ3v) is 8.70. The number of halogens is 6. The van der Waals surface area contributed by atoms with Crippen LogP contribution in [-0.2, 0) is 9.47 Å². The van der Waals surface area contributed by atoms with Gasteiger partial charge in [-0.3, -0.25) is 0 Å². The molecule has 0 radical (unpaired) electrons. The van der Waals surface area contributed by atoms with E-state index in [1.165, 1.54) is 0 Å². The fourth-order valence-corrected chi connectivity index (χ4v) is 6.43. The van der Waals surface area contributed by atoms with Gasteiger partial charge in [-0.2, -0.15) is 8.78 Å². The molecular weight excluding hydrogens is 550 g/mol. The van der Waals surface area contributed by atoms with E-state index in [0.717, 1.165) is 68.7 Å². The van der Waals surface area contributed by atoms with Gasteiger partial charge in [-0.05, 0) is 105 Å². The number of ether oxygens (including phenoxy) is 4. The molecular formula is C31H36F6O4. The van der Waals surface area contributed by atoms with E-state index in [2.05, 4.69) is 11.7 Å². The van der Waals surface area contributed by atoms with E-state index in [4.69, 9.17) is 14.2 Å². The van der Waals surface area contributed by atoms with Crippen LogP contribution in [0, 0.1) is 23.6 Å². The third-order valence-electron chi connectivity index (χ3n) is 8.70. The zero-order valence-electron chi connectivity index (χ0n) is 23.0. The monoisotopic (exact) mass is 586 g/mol. The van der Waals surface area contributed by atoms with Crippen LogP contribution < -0.4 is 9.47 Å². The van der Waals surface area contributed by atoms with Crippen LogP contribution in [0.25, 0.3) is 0 Å². The maximum absolute atomic E-state index is 15.3. The average Bonchev–Trinajstić information content (AvgIpc) is 2.94. The van der Waals surface area contributed by atoms with Crippen LogP contribution in [-0.4, -0.2) is 32.0 Å². The van der Waals surface area contributed by atoms with Crippen molar-refractivity contribution >= 4 is 0 Å². The first-order valence-electron chi connectivity index (χ1n) is 14.4. The Morgan fingerprint density at radius 3 is 1.83 bits per heavy atom. The number of alkyl halides is 5. The van der Waals surface area contributed by atoms with Crippen molar-refractivity contribution in [3.05, 3.63) is 59.4 Å². The minimum absolute atomic E-state index is 0.141. The zero-order valence-corrected chi connectivity index (χ0v) is 23.0. The topological polar surface area (TPSA) is 36.9 Å². The van der Waals surface area contributed by atoms with Crippen LogP contribution in [0.2, 0.25) is 0 Å². The van der Waals surface area contributed by atoms with Crippen LogP contribution in [0.5, 0.6) is 11.5 Å². The highest BCUT2D eigenvalue weighted by Crippen LogP contribution is 2.45. The predicted molar refractivity (Wildman–Crippen MR) is 139 cm³/mol. The molecule has 0 amide bonds. The summed E-state index contributed by atoms with van der Waals surface area (Å²) in [5.74, 6) is -1.24. The van der Waals surface area contributed by atoms with Crippen molar-refractivity contribution in [3.8, 4) is 11.5 Å². The summed E-state index contributed by atoms with van der Waals surface area (Å²) >= 11 is 0. The molecule has 0 N–H and O–H groups in total. The highest BCUT2D eigenvalue weighted by atomic mass is 19.4. The summed E-state index contributed by atoms with van der Waals surface area (Å²) in [6.07, 6.45) is -3.62. The molecule has 3 aliphatic rings. The van der Waals surface area contributed by atoms with Gasteiger partial charge in [0, 0.05) is 11.8 Å². The van der Waals surface area contributed by atoms with Gasteiger partial charge in [0.15, 0.2) is 6.29 Å². The number of hydrogen-bond acceptors (Lipinski definition) is 4. The van der Waals surface area contributed by atoms with E-state index < -0.39 is 24.1 Å². The summed E-state index contributed by atoms with van der Waals surface area (Å²) in [4.78, 5) is 0. The van der Waals surface area contributed by atoms with E-state index in [9.17, 15) is 22.0 Å². The second kappa shape index (κ2) is 12.4. The quantitative estimate of drug-likeness (QED) is 0.304. The lowest BCUT2D eigenvalue weighted by Gasteiger charge is -2.37. The van der Waals surface area contributed by atoms with Gasteiger partial charge in [-0.1, -0.05) is 19.1 Å². The summed E-state index contributed by atoms with van der Waals surface area (Å²) in [7, 11) is 0. The van der Waals surface area contributed by atoms with Gasteiger partial charge in [0.2, 0.25) is 0 Å². The Hall–Kier alpha value is -2.46. The van der Waals surface area contributed by atoms with Crippen molar-refractivity contribution in [2.45, 2.75) is 88.9 Å². The second-order valence-electron chi connectivity index (χ2n) is 11.8. The number of benzene rings is 2. The van der Waals surface area contributed by atoms with Crippen molar-refractivity contribution < 1.29 is 45.3 Å². The van der Waals surface area contributed by atoms with E-state index in [0.29, 0.717) is 30.2 Å². The van der Waals surface area contributed by atoms with Crippen LogP contribution in [0.1, 0.15) is 81.3 Å². The van der Waals surface area contributed by atoms with Gasteiger partial charge in [0.1, 0.15) is 17.3 Å². The molecule has 226 valence electrons. The standard InChI is InChI=1S/C31H36F6O4/c1-19-17-38-29(39-18-19)22-4-2-20(3-5-22)23-8-15-27(28(32)16-23)21-6-9-24(10-7-21)30(33,34)40-25-11-13-26(14-12-25)41-31(35,36)37/h8,11-16,19-22,24,29H,2-7,9-10,17-18H2,1H3. The first kappa shape index (κ1) is 30.0. The highest BCUT2D eigenvalue weighted by Gasteiger charge is 2.44. The Labute approximate surface area is 236 Å². The molecule has 2 aliphatic carbocycles. The first-order chi connectivity index (χ1) is 19.5. The van der Waals surface area contributed by atoms with Gasteiger partial charge >= 0.3 is 12.5 Å². The molecule has 2 aromatic carbocycles. The Morgan fingerprint density at radius 1 is 0.707 bits per heavy atom. The highest BCUT2D eigenvalue weighted by molar-refractivity contribution is 5.32. The molecule has 0 unspecified atom stereocenters. The SMILES string of the molecule is CC1COC(C2CCC(c3ccc(C4CCC(C(F)(F)Oc5ccc(OC(F)(F)F)cc5)CC4)c(F)c3)CC2)OC1. The molecule has 0 atom stereocenters. The van der Waals surface area contributed by atoms with E-state index in [1.54, 1.807) is 6.07 Å². The summed E-state index contributed by atoms with van der Waals surface area (Å²) < 4.78 is 102. The molecule has 1 heterocycles. The van der Waals surface area contributed by atoms with Crippen LogP contribution in [0.3, 0.4) is 0 Å². The van der Waals surface area contributed by atoms with Crippen LogP contribution in [0.4, 0.5) is 26.3 Å². The normalized spacial score (nSPS) is 29.6. The number of rotatable bonds is 7. The molecule has 1 saturated heterocycles. The summed E-state index contributed by atoms with van der Waals surface area (Å²) in [6, 6.07) is 9.29. The molecule has 0 aromatic heterocycles. The molecule has 4 nitrogen and oxygen atoms in total. The van der Waals surface area contributed by atoms with Crippen molar-refractivity contribution in [1.82, 2.24) is 0 Å². The van der Waals surface area contributed by atoms with E-state index in [1.807, 2.05) is 12.1 Å². The minimum atomic E-state index is -4.87. The molecule has 10 heteroatoms. The van der Waals surface area contributed by atoms with Gasteiger partial charge in [0.25, 0.3) is 0 Å². The van der Waals surface area contributed by atoms with Gasteiger partial charge in [0.05, 0.1) is 19.1 Å². The predicted octanol–water partition coefficient (Wildman–Crippen LogP) is 8.95. The van der Waals surface area contributed by atoms with E-state index >= 15 is 4.39 Å². The Kier molecular flexibility index (Phi) is 9.09. The van der Waals surface area contributed by atoms with Crippen molar-refractivity contribution in [2.24, 2.45) is 17.8 Å². The smallest absolute Gasteiger partial charge is 0.432 e. The Morgan fingerprint density at radius 2 is 1.27 bits per heavy atom. The van der Waals surface area contributed by atoms with E-state index in [-0.39, 0.29) is 42.5 Å². The van der Waals surface area contributed by atoms with Crippen molar-refractivity contribution in [3.63, 3.8) is 0 Å². The molecule has 5 rings (SSSR count). The van der Waals surface area contributed by atoms with Gasteiger partial charge in [-0.25, -0.2) is 4.39 Å². The molecule has 0 bridgehead atoms. The largest absolute Gasteiger partial charge is 0.573 e. The maximum atomic E-state index is 15.3. The lowest BCUT2D eigenvalue weighted by atomic mass is 9.76. The molecule has 3 fully saturated rings. The molecule has 1 aliphatic heterocycles. The summed E-state index contributed by atoms with van der Waals surface area (Å²) in [5, 5.41) is 0. The molecule has 2 saturated carbocycles. The number of hydrogen-bond donors (Lipinski definition) is 0. The van der Waals surface area contributed by atoms with Crippen molar-refractivity contribution in [1.29, 1.82) is 0 Å². The summed E-state index contributed by atoms with van der Waals surface area (Å²) in [6.45, 7) is 3.55. The average molecular weight is 587 g/mol. The van der Waals surface area contributed by atoms with Crippen LogP contribution >= 0.6 is 0 Å². The minimum Gasteiger partial charge on any atom is -0.432 e. The summed E-state index contributed by atoms with van der Waals surface area (Å²) in [5.41, 5.74) is 1.53. The molecule has 41 heavy (non-hydrogen) atoms. The van der Waals surface area contributed by atoms with Gasteiger partial charge in [-0.15, -0.1) is 13.2 Å². The Balaban J connectivity index is 1.11.